The normalized spacial score (nSPS) is 14.3. The van der Waals surface area contributed by atoms with Crippen LogP contribution in [0.15, 0.2) is 18.2 Å². The van der Waals surface area contributed by atoms with Crippen LogP contribution in [0.3, 0.4) is 0 Å². The maximum Gasteiger partial charge on any atom is 0.387 e. The molecule has 0 aliphatic rings. The van der Waals surface area contributed by atoms with Gasteiger partial charge in [0, 0.05) is 5.69 Å². The smallest absolute Gasteiger partial charge is 0.387 e. The molecule has 0 saturated heterocycles. The molecule has 0 radical (unpaired) electrons. The minimum Gasteiger partial charge on any atom is -0.481 e. The van der Waals surface area contributed by atoms with Crippen LogP contribution in [-0.2, 0) is 4.79 Å². The lowest BCUT2D eigenvalue weighted by Gasteiger charge is -2.25. The van der Waals surface area contributed by atoms with Gasteiger partial charge < -0.3 is 15.6 Å². The van der Waals surface area contributed by atoms with Crippen LogP contribution in [0.25, 0.3) is 0 Å². The Morgan fingerprint density at radius 2 is 1.90 bits per heavy atom. The van der Waals surface area contributed by atoms with Gasteiger partial charge in [0.05, 0.1) is 5.92 Å². The summed E-state index contributed by atoms with van der Waals surface area (Å²) < 4.78 is 28.8. The molecule has 0 amide bonds. The molecule has 2 unspecified atom stereocenters. The Bertz CT molecular complexity index is 477. The number of hydrogen-bond acceptors (Lipinski definition) is 3. The molecule has 0 aliphatic carbocycles. The summed E-state index contributed by atoms with van der Waals surface area (Å²) in [5.41, 5.74) is 6.35. The summed E-state index contributed by atoms with van der Waals surface area (Å²) in [5.74, 6) is -2.08. The topological polar surface area (TPSA) is 72.5 Å². The van der Waals surface area contributed by atoms with Crippen LogP contribution in [0.1, 0.15) is 32.3 Å². The summed E-state index contributed by atoms with van der Waals surface area (Å²) in [6.07, 6.45) is 0. The van der Waals surface area contributed by atoms with Gasteiger partial charge in [0.1, 0.15) is 5.75 Å². The van der Waals surface area contributed by atoms with E-state index >= 15 is 0 Å². The van der Waals surface area contributed by atoms with Crippen molar-refractivity contribution >= 4 is 11.7 Å². The molecule has 112 valence electrons. The lowest BCUT2D eigenvalue weighted by atomic mass is 9.80. The number of carboxylic acids is 1. The summed E-state index contributed by atoms with van der Waals surface area (Å²) in [6.45, 7) is 2.63. The average molecular weight is 287 g/mol. The van der Waals surface area contributed by atoms with Gasteiger partial charge >= 0.3 is 12.6 Å². The van der Waals surface area contributed by atoms with Crippen LogP contribution < -0.4 is 10.5 Å². The minimum atomic E-state index is -2.96. The number of halogens is 2. The molecule has 4 nitrogen and oxygen atoms in total. The van der Waals surface area contributed by atoms with Crippen molar-refractivity contribution in [3.8, 4) is 5.75 Å². The first-order chi connectivity index (χ1) is 9.23. The number of benzene rings is 1. The van der Waals surface area contributed by atoms with Crippen LogP contribution >= 0.6 is 0 Å². The molecule has 2 atom stereocenters. The quantitative estimate of drug-likeness (QED) is 0.787. The molecule has 1 aromatic carbocycles. The van der Waals surface area contributed by atoms with Crippen LogP contribution in [0.4, 0.5) is 14.5 Å². The zero-order valence-corrected chi connectivity index (χ0v) is 11.6. The number of rotatable bonds is 6. The molecule has 1 aromatic rings. The second-order valence-corrected chi connectivity index (χ2v) is 5.09. The first-order valence-corrected chi connectivity index (χ1v) is 6.31. The summed E-state index contributed by atoms with van der Waals surface area (Å²) in [7, 11) is 0. The molecule has 6 heteroatoms. The molecule has 20 heavy (non-hydrogen) atoms. The molecular weight excluding hydrogens is 268 g/mol. The largest absolute Gasteiger partial charge is 0.481 e. The second-order valence-electron chi connectivity index (χ2n) is 5.09. The highest BCUT2D eigenvalue weighted by molar-refractivity contribution is 5.79. The highest BCUT2D eigenvalue weighted by Gasteiger charge is 2.30. The summed E-state index contributed by atoms with van der Waals surface area (Å²) in [6, 6.07) is 3.96. The zero-order chi connectivity index (χ0) is 15.4. The number of nitrogens with two attached hydrogens (primary N) is 1. The summed E-state index contributed by atoms with van der Waals surface area (Å²) in [4.78, 5) is 11.5. The van der Waals surface area contributed by atoms with Crippen molar-refractivity contribution in [2.75, 3.05) is 5.73 Å². The molecule has 0 saturated carbocycles. The minimum absolute atomic E-state index is 0.0913. The van der Waals surface area contributed by atoms with E-state index in [1.54, 1.807) is 6.92 Å². The number of hydrogen-bond donors (Lipinski definition) is 2. The Labute approximate surface area is 116 Å². The molecule has 0 bridgehead atoms. The van der Waals surface area contributed by atoms with Crippen molar-refractivity contribution in [1.82, 2.24) is 0 Å². The van der Waals surface area contributed by atoms with Gasteiger partial charge in [0.15, 0.2) is 0 Å². The molecule has 3 N–H and O–H groups in total. The summed E-state index contributed by atoms with van der Waals surface area (Å²) >= 11 is 0. The number of carboxylic acid groups (broad SMARTS) is 1. The van der Waals surface area contributed by atoms with E-state index in [-0.39, 0.29) is 23.3 Å². The second kappa shape index (κ2) is 6.54. The fraction of sp³-hybridized carbons (Fsp3) is 0.500. The number of nitrogen functional groups attached to an aromatic ring is 1. The number of anilines is 1. The van der Waals surface area contributed by atoms with Gasteiger partial charge in [-0.2, -0.15) is 8.78 Å². The van der Waals surface area contributed by atoms with Crippen LogP contribution in [0.2, 0.25) is 0 Å². The maximum atomic E-state index is 12.2. The van der Waals surface area contributed by atoms with E-state index in [9.17, 15) is 18.7 Å². The number of ether oxygens (including phenoxy) is 1. The fourth-order valence-electron chi connectivity index (χ4n) is 2.02. The fourth-order valence-corrected chi connectivity index (χ4v) is 2.02. The van der Waals surface area contributed by atoms with Gasteiger partial charge in [-0.15, -0.1) is 0 Å². The highest BCUT2D eigenvalue weighted by atomic mass is 19.3. The molecular formula is C14H19F2NO3. The van der Waals surface area contributed by atoms with E-state index in [0.29, 0.717) is 5.56 Å². The van der Waals surface area contributed by atoms with Gasteiger partial charge in [-0.1, -0.05) is 20.8 Å². The van der Waals surface area contributed by atoms with Gasteiger partial charge in [0.25, 0.3) is 0 Å². The Hall–Kier alpha value is -1.85. The van der Waals surface area contributed by atoms with Gasteiger partial charge in [-0.3, -0.25) is 4.79 Å². The van der Waals surface area contributed by atoms with E-state index in [4.69, 9.17) is 5.73 Å². The maximum absolute atomic E-state index is 12.2. The van der Waals surface area contributed by atoms with Crippen molar-refractivity contribution < 1.29 is 23.4 Å². The van der Waals surface area contributed by atoms with Gasteiger partial charge in [-0.25, -0.2) is 0 Å². The average Bonchev–Trinajstić information content (AvgIpc) is 2.32. The van der Waals surface area contributed by atoms with Gasteiger partial charge in [0.2, 0.25) is 0 Å². The first kappa shape index (κ1) is 16.2. The predicted octanol–water partition coefficient (Wildman–Crippen LogP) is 3.33. The van der Waals surface area contributed by atoms with E-state index in [0.717, 1.165) is 0 Å². The number of alkyl halides is 2. The van der Waals surface area contributed by atoms with Crippen molar-refractivity contribution in [2.45, 2.75) is 33.3 Å². The third-order valence-electron chi connectivity index (χ3n) is 3.46. The molecule has 0 heterocycles. The standard InChI is InChI=1S/C14H19F2NO3/c1-7(2)8(3)12(13(18)19)10-6-9(20-14(15)16)4-5-11(10)17/h4-8,12,14H,17H2,1-3H3,(H,18,19). The van der Waals surface area contributed by atoms with Gasteiger partial charge in [-0.05, 0) is 35.6 Å². The monoisotopic (exact) mass is 287 g/mol. The third kappa shape index (κ3) is 3.82. The van der Waals surface area contributed by atoms with E-state index in [2.05, 4.69) is 4.74 Å². The lowest BCUT2D eigenvalue weighted by molar-refractivity contribution is -0.140. The highest BCUT2D eigenvalue weighted by Crippen LogP contribution is 2.35. The van der Waals surface area contributed by atoms with Crippen molar-refractivity contribution in [1.29, 1.82) is 0 Å². The molecule has 0 fully saturated rings. The van der Waals surface area contributed by atoms with E-state index in [1.165, 1.54) is 18.2 Å². The molecule has 0 aromatic heterocycles. The van der Waals surface area contributed by atoms with E-state index < -0.39 is 18.5 Å². The number of carbonyl (C=O) groups is 1. The molecule has 0 aliphatic heterocycles. The van der Waals surface area contributed by atoms with E-state index in [1.807, 2.05) is 13.8 Å². The predicted molar refractivity (Wildman–Crippen MR) is 71.9 cm³/mol. The Kier molecular flexibility index (Phi) is 5.30. The van der Waals surface area contributed by atoms with Crippen molar-refractivity contribution in [3.05, 3.63) is 23.8 Å². The third-order valence-corrected chi connectivity index (χ3v) is 3.46. The van der Waals surface area contributed by atoms with Crippen LogP contribution in [0, 0.1) is 11.8 Å². The first-order valence-electron chi connectivity index (χ1n) is 6.31. The summed E-state index contributed by atoms with van der Waals surface area (Å²) in [5, 5.41) is 9.40. The zero-order valence-electron chi connectivity index (χ0n) is 11.6. The van der Waals surface area contributed by atoms with Crippen LogP contribution in [0.5, 0.6) is 5.75 Å². The van der Waals surface area contributed by atoms with Crippen molar-refractivity contribution in [3.63, 3.8) is 0 Å². The lowest BCUT2D eigenvalue weighted by Crippen LogP contribution is -2.24. The Balaban J connectivity index is 3.22. The van der Waals surface area contributed by atoms with Crippen LogP contribution in [-0.4, -0.2) is 17.7 Å². The molecule has 1 rings (SSSR count). The SMILES string of the molecule is CC(C)C(C)C(C(=O)O)c1cc(OC(F)F)ccc1N. The Morgan fingerprint density at radius 3 is 2.35 bits per heavy atom. The molecule has 0 spiro atoms. The Morgan fingerprint density at radius 1 is 1.30 bits per heavy atom. The van der Waals surface area contributed by atoms with Crippen molar-refractivity contribution in [2.24, 2.45) is 11.8 Å². The number of aliphatic carboxylic acids is 1.